The van der Waals surface area contributed by atoms with Crippen LogP contribution in [0.5, 0.6) is 5.75 Å². The molecule has 6 heteroatoms. The fraction of sp³-hybridized carbons (Fsp3) is 0. The van der Waals surface area contributed by atoms with E-state index in [1.807, 2.05) is 0 Å². The molecule has 0 atom stereocenters. The lowest BCUT2D eigenvalue weighted by Gasteiger charge is -2.04. The molecular formula is C11H8ClN3O2. The minimum atomic E-state index is -0.377. The van der Waals surface area contributed by atoms with E-state index in [4.69, 9.17) is 11.6 Å². The van der Waals surface area contributed by atoms with Gasteiger partial charge in [0, 0.05) is 6.20 Å². The third-order valence-corrected chi connectivity index (χ3v) is 2.19. The summed E-state index contributed by atoms with van der Waals surface area (Å²) in [6.07, 6.45) is 4.05. The molecule has 0 saturated heterocycles. The van der Waals surface area contributed by atoms with Crippen LogP contribution in [0, 0.1) is 0 Å². The number of rotatable bonds is 2. The number of pyridine rings is 2. The second-order valence-corrected chi connectivity index (χ2v) is 3.64. The first-order chi connectivity index (χ1) is 8.15. The Balaban J connectivity index is 2.14. The number of carbonyl (C=O) groups excluding carboxylic acids is 1. The molecule has 2 rings (SSSR count). The molecule has 0 radical (unpaired) electrons. The number of halogens is 1. The van der Waals surface area contributed by atoms with Gasteiger partial charge in [-0.3, -0.25) is 9.78 Å². The van der Waals surface area contributed by atoms with Gasteiger partial charge in [-0.15, -0.1) is 0 Å². The fourth-order valence-corrected chi connectivity index (χ4v) is 1.32. The maximum atomic E-state index is 11.7. The number of aromatic nitrogens is 2. The average molecular weight is 250 g/mol. The standard InChI is InChI=1S/C11H8ClN3O2/c12-10-2-1-8(5-14-10)15-11(17)7-3-9(16)6-13-4-7/h1-6,16H,(H,15,17). The number of amides is 1. The molecule has 5 nitrogen and oxygen atoms in total. The fourth-order valence-electron chi connectivity index (χ4n) is 1.20. The SMILES string of the molecule is O=C(Nc1ccc(Cl)nc1)c1cncc(O)c1. The Labute approximate surface area is 102 Å². The molecular weight excluding hydrogens is 242 g/mol. The molecule has 17 heavy (non-hydrogen) atoms. The Morgan fingerprint density at radius 1 is 1.29 bits per heavy atom. The van der Waals surface area contributed by atoms with Crippen molar-refractivity contribution in [3.8, 4) is 5.75 Å². The predicted octanol–water partition coefficient (Wildman–Crippen LogP) is 2.09. The normalized spacial score (nSPS) is 9.94. The zero-order valence-electron chi connectivity index (χ0n) is 8.59. The van der Waals surface area contributed by atoms with E-state index in [-0.39, 0.29) is 17.2 Å². The molecule has 86 valence electrons. The Bertz CT molecular complexity index is 543. The molecule has 1 amide bonds. The van der Waals surface area contributed by atoms with Gasteiger partial charge in [0.1, 0.15) is 10.9 Å². The van der Waals surface area contributed by atoms with E-state index in [2.05, 4.69) is 15.3 Å². The molecule has 0 aliphatic heterocycles. The Kier molecular flexibility index (Phi) is 3.20. The highest BCUT2D eigenvalue weighted by Crippen LogP contribution is 2.13. The molecule has 2 heterocycles. The summed E-state index contributed by atoms with van der Waals surface area (Å²) in [6, 6.07) is 4.52. The van der Waals surface area contributed by atoms with E-state index < -0.39 is 0 Å². The van der Waals surface area contributed by atoms with Crippen LogP contribution in [0.4, 0.5) is 5.69 Å². The summed E-state index contributed by atoms with van der Waals surface area (Å²) in [5, 5.41) is 12.1. The van der Waals surface area contributed by atoms with Crippen LogP contribution in [0.25, 0.3) is 0 Å². The molecule has 2 aromatic heterocycles. The van der Waals surface area contributed by atoms with Crippen molar-refractivity contribution >= 4 is 23.2 Å². The highest BCUT2D eigenvalue weighted by molar-refractivity contribution is 6.29. The van der Waals surface area contributed by atoms with E-state index in [0.717, 1.165) is 0 Å². The van der Waals surface area contributed by atoms with Gasteiger partial charge in [-0.2, -0.15) is 0 Å². The molecule has 0 saturated carbocycles. The summed E-state index contributed by atoms with van der Waals surface area (Å²) in [5.41, 5.74) is 0.780. The maximum absolute atomic E-state index is 11.7. The van der Waals surface area contributed by atoms with E-state index in [0.29, 0.717) is 10.8 Å². The summed E-state index contributed by atoms with van der Waals surface area (Å²) in [6.45, 7) is 0. The summed E-state index contributed by atoms with van der Waals surface area (Å²) >= 11 is 5.62. The van der Waals surface area contributed by atoms with Crippen LogP contribution in [0.15, 0.2) is 36.8 Å². The molecule has 0 aromatic carbocycles. The molecule has 0 aliphatic carbocycles. The molecule has 2 N–H and O–H groups in total. The first-order valence-electron chi connectivity index (χ1n) is 4.72. The largest absolute Gasteiger partial charge is 0.506 e. The predicted molar refractivity (Wildman–Crippen MR) is 63.1 cm³/mol. The number of carbonyl (C=O) groups is 1. The topological polar surface area (TPSA) is 75.1 Å². The lowest BCUT2D eigenvalue weighted by atomic mass is 10.2. The van der Waals surface area contributed by atoms with Crippen LogP contribution < -0.4 is 5.32 Å². The van der Waals surface area contributed by atoms with Crippen molar-refractivity contribution in [2.75, 3.05) is 5.32 Å². The third-order valence-electron chi connectivity index (χ3n) is 1.97. The minimum Gasteiger partial charge on any atom is -0.506 e. The van der Waals surface area contributed by atoms with Crippen LogP contribution >= 0.6 is 11.6 Å². The average Bonchev–Trinajstić information content (AvgIpc) is 2.32. The van der Waals surface area contributed by atoms with Gasteiger partial charge in [-0.1, -0.05) is 11.6 Å². The highest BCUT2D eigenvalue weighted by atomic mass is 35.5. The second-order valence-electron chi connectivity index (χ2n) is 3.26. The Morgan fingerprint density at radius 3 is 2.76 bits per heavy atom. The van der Waals surface area contributed by atoms with Gasteiger partial charge in [0.15, 0.2) is 0 Å². The van der Waals surface area contributed by atoms with Crippen LogP contribution in [0.1, 0.15) is 10.4 Å². The summed E-state index contributed by atoms with van der Waals surface area (Å²) in [4.78, 5) is 19.3. The van der Waals surface area contributed by atoms with Gasteiger partial charge in [0.05, 0.1) is 23.6 Å². The molecule has 0 fully saturated rings. The van der Waals surface area contributed by atoms with E-state index in [1.54, 1.807) is 12.1 Å². The van der Waals surface area contributed by atoms with Gasteiger partial charge in [0.25, 0.3) is 5.91 Å². The van der Waals surface area contributed by atoms with Gasteiger partial charge in [-0.25, -0.2) is 4.98 Å². The summed E-state index contributed by atoms with van der Waals surface area (Å²) in [7, 11) is 0. The maximum Gasteiger partial charge on any atom is 0.257 e. The Morgan fingerprint density at radius 2 is 2.12 bits per heavy atom. The number of hydrogen-bond acceptors (Lipinski definition) is 4. The lowest BCUT2D eigenvalue weighted by molar-refractivity contribution is 0.102. The number of anilines is 1. The van der Waals surface area contributed by atoms with Crippen LogP contribution in [0.2, 0.25) is 5.15 Å². The van der Waals surface area contributed by atoms with Crippen molar-refractivity contribution in [1.29, 1.82) is 0 Å². The van der Waals surface area contributed by atoms with Gasteiger partial charge in [-0.05, 0) is 18.2 Å². The smallest absolute Gasteiger partial charge is 0.257 e. The summed E-state index contributed by atoms with van der Waals surface area (Å²) < 4.78 is 0. The molecule has 0 aliphatic rings. The number of hydrogen-bond donors (Lipinski definition) is 2. The second kappa shape index (κ2) is 4.80. The van der Waals surface area contributed by atoms with Crippen molar-refractivity contribution in [3.05, 3.63) is 47.5 Å². The van der Waals surface area contributed by atoms with E-state index in [1.165, 1.54) is 24.7 Å². The van der Waals surface area contributed by atoms with E-state index >= 15 is 0 Å². The highest BCUT2D eigenvalue weighted by Gasteiger charge is 2.07. The van der Waals surface area contributed by atoms with Crippen LogP contribution in [0.3, 0.4) is 0 Å². The van der Waals surface area contributed by atoms with Gasteiger partial charge < -0.3 is 10.4 Å². The first-order valence-corrected chi connectivity index (χ1v) is 5.10. The summed E-state index contributed by atoms with van der Waals surface area (Å²) in [5.74, 6) is -0.440. The zero-order valence-corrected chi connectivity index (χ0v) is 9.35. The first kappa shape index (κ1) is 11.3. The van der Waals surface area contributed by atoms with Crippen molar-refractivity contribution < 1.29 is 9.90 Å². The number of aromatic hydroxyl groups is 1. The lowest BCUT2D eigenvalue weighted by Crippen LogP contribution is -2.12. The molecule has 0 bridgehead atoms. The van der Waals surface area contributed by atoms with E-state index in [9.17, 15) is 9.90 Å². The van der Waals surface area contributed by atoms with Gasteiger partial charge >= 0.3 is 0 Å². The number of nitrogens with one attached hydrogen (secondary N) is 1. The third kappa shape index (κ3) is 2.92. The van der Waals surface area contributed by atoms with Crippen molar-refractivity contribution in [3.63, 3.8) is 0 Å². The quantitative estimate of drug-likeness (QED) is 0.799. The van der Waals surface area contributed by atoms with Gasteiger partial charge in [0.2, 0.25) is 0 Å². The number of nitrogens with zero attached hydrogens (tertiary/aromatic N) is 2. The van der Waals surface area contributed by atoms with Crippen molar-refractivity contribution in [2.24, 2.45) is 0 Å². The minimum absolute atomic E-state index is 0.0631. The molecule has 0 spiro atoms. The van der Waals surface area contributed by atoms with Crippen molar-refractivity contribution in [1.82, 2.24) is 9.97 Å². The molecule has 2 aromatic rings. The van der Waals surface area contributed by atoms with Crippen LogP contribution in [-0.2, 0) is 0 Å². The monoisotopic (exact) mass is 249 g/mol. The Hall–Kier alpha value is -2.14. The van der Waals surface area contributed by atoms with Crippen molar-refractivity contribution in [2.45, 2.75) is 0 Å². The zero-order chi connectivity index (χ0) is 12.3. The van der Waals surface area contributed by atoms with Crippen LogP contribution in [-0.4, -0.2) is 21.0 Å². The molecule has 0 unspecified atom stereocenters.